The minimum absolute atomic E-state index is 0.0408. The molecule has 1 amide bonds. The molecule has 1 saturated heterocycles. The lowest BCUT2D eigenvalue weighted by atomic mass is 9.94. The summed E-state index contributed by atoms with van der Waals surface area (Å²) in [5.74, 6) is -0.446. The highest BCUT2D eigenvalue weighted by molar-refractivity contribution is 6.51. The number of ketones is 1. The number of aliphatic hydroxyl groups is 1. The van der Waals surface area contributed by atoms with Crippen molar-refractivity contribution in [3.8, 4) is 11.5 Å². The quantitative estimate of drug-likeness (QED) is 0.291. The molecule has 0 radical (unpaired) electrons. The average molecular weight is 458 g/mol. The van der Waals surface area contributed by atoms with Gasteiger partial charge in [-0.25, -0.2) is 0 Å². The van der Waals surface area contributed by atoms with Gasteiger partial charge in [-0.1, -0.05) is 48.9 Å². The van der Waals surface area contributed by atoms with Gasteiger partial charge in [0.25, 0.3) is 11.7 Å². The van der Waals surface area contributed by atoms with Gasteiger partial charge in [-0.05, 0) is 55.3 Å². The standard InChI is InChI=1S/C28H27NO5/c1-4-15-34-23-10-6-9-20(17-23)26(30)24-25(19-8-5-7-18(2)16-19)29(28(32)27(24)31)21-11-13-22(33-3)14-12-21/h5-14,16-17,25,30H,4,15H2,1-3H3/b26-24-. The van der Waals surface area contributed by atoms with Crippen LogP contribution in [0.2, 0.25) is 0 Å². The number of benzene rings is 3. The van der Waals surface area contributed by atoms with E-state index in [9.17, 15) is 14.7 Å². The molecule has 0 aromatic heterocycles. The molecule has 4 rings (SSSR count). The van der Waals surface area contributed by atoms with Gasteiger partial charge in [0.15, 0.2) is 0 Å². The van der Waals surface area contributed by atoms with Crippen molar-refractivity contribution in [2.45, 2.75) is 26.3 Å². The number of amides is 1. The number of ether oxygens (including phenoxy) is 2. The van der Waals surface area contributed by atoms with E-state index in [1.54, 1.807) is 55.6 Å². The average Bonchev–Trinajstić information content (AvgIpc) is 3.13. The van der Waals surface area contributed by atoms with Crippen LogP contribution in [-0.2, 0) is 9.59 Å². The summed E-state index contributed by atoms with van der Waals surface area (Å²) in [5.41, 5.74) is 2.70. The number of hydrogen-bond acceptors (Lipinski definition) is 5. The second kappa shape index (κ2) is 9.83. The molecule has 3 aromatic rings. The number of aryl methyl sites for hydroxylation is 1. The molecule has 6 heteroatoms. The number of rotatable bonds is 7. The summed E-state index contributed by atoms with van der Waals surface area (Å²) in [6.07, 6.45) is 0.844. The molecule has 0 saturated carbocycles. The largest absolute Gasteiger partial charge is 0.507 e. The van der Waals surface area contributed by atoms with Gasteiger partial charge in [0.2, 0.25) is 0 Å². The summed E-state index contributed by atoms with van der Waals surface area (Å²) < 4.78 is 10.9. The maximum atomic E-state index is 13.3. The van der Waals surface area contributed by atoms with Gasteiger partial charge in [-0.2, -0.15) is 0 Å². The second-order valence-corrected chi connectivity index (χ2v) is 8.16. The van der Waals surface area contributed by atoms with Crippen molar-refractivity contribution in [2.75, 3.05) is 18.6 Å². The predicted molar refractivity (Wildman–Crippen MR) is 131 cm³/mol. The highest BCUT2D eigenvalue weighted by Gasteiger charge is 2.47. The van der Waals surface area contributed by atoms with Crippen LogP contribution < -0.4 is 14.4 Å². The van der Waals surface area contributed by atoms with Gasteiger partial charge >= 0.3 is 0 Å². The first-order chi connectivity index (χ1) is 16.4. The third-order valence-electron chi connectivity index (χ3n) is 5.73. The topological polar surface area (TPSA) is 76.1 Å². The minimum Gasteiger partial charge on any atom is -0.507 e. The maximum absolute atomic E-state index is 13.3. The smallest absolute Gasteiger partial charge is 0.300 e. The van der Waals surface area contributed by atoms with E-state index in [1.807, 2.05) is 38.1 Å². The highest BCUT2D eigenvalue weighted by Crippen LogP contribution is 2.42. The summed E-state index contributed by atoms with van der Waals surface area (Å²) in [6, 6.07) is 20.6. The SMILES string of the molecule is CCCOc1cccc(/C(O)=C2/C(=O)C(=O)N(c3ccc(OC)cc3)C2c2cccc(C)c2)c1. The van der Waals surface area contributed by atoms with Crippen molar-refractivity contribution in [1.29, 1.82) is 0 Å². The monoisotopic (exact) mass is 457 g/mol. The van der Waals surface area contributed by atoms with Gasteiger partial charge in [0.1, 0.15) is 17.3 Å². The number of anilines is 1. The molecule has 174 valence electrons. The number of hydrogen-bond donors (Lipinski definition) is 1. The number of nitrogens with zero attached hydrogens (tertiary/aromatic N) is 1. The molecule has 1 N–H and O–H groups in total. The third-order valence-corrected chi connectivity index (χ3v) is 5.73. The zero-order valence-electron chi connectivity index (χ0n) is 19.4. The van der Waals surface area contributed by atoms with Crippen LogP contribution in [-0.4, -0.2) is 30.5 Å². The predicted octanol–water partition coefficient (Wildman–Crippen LogP) is 5.42. The molecule has 1 heterocycles. The molecule has 1 atom stereocenters. The van der Waals surface area contributed by atoms with Crippen molar-refractivity contribution < 1.29 is 24.2 Å². The molecule has 0 spiro atoms. The molecule has 1 aliphatic rings. The Bertz CT molecular complexity index is 1250. The molecule has 3 aromatic carbocycles. The van der Waals surface area contributed by atoms with Gasteiger partial charge in [-0.15, -0.1) is 0 Å². The van der Waals surface area contributed by atoms with Gasteiger partial charge in [0.05, 0.1) is 25.3 Å². The summed E-state index contributed by atoms with van der Waals surface area (Å²) in [7, 11) is 1.56. The van der Waals surface area contributed by atoms with E-state index in [0.29, 0.717) is 29.4 Å². The second-order valence-electron chi connectivity index (χ2n) is 8.16. The molecule has 1 unspecified atom stereocenters. The van der Waals surface area contributed by atoms with E-state index < -0.39 is 17.7 Å². The number of carbonyl (C=O) groups is 2. The Balaban J connectivity index is 1.88. The number of aliphatic hydroxyl groups excluding tert-OH is 1. The Hall–Kier alpha value is -4.06. The lowest BCUT2D eigenvalue weighted by molar-refractivity contribution is -0.132. The molecule has 0 aliphatic carbocycles. The third kappa shape index (κ3) is 4.39. The maximum Gasteiger partial charge on any atom is 0.300 e. The Morgan fingerprint density at radius 2 is 1.71 bits per heavy atom. The lowest BCUT2D eigenvalue weighted by Crippen LogP contribution is -2.29. The van der Waals surface area contributed by atoms with Crippen LogP contribution in [0.4, 0.5) is 5.69 Å². The van der Waals surface area contributed by atoms with E-state index in [1.165, 1.54) is 4.90 Å². The number of carbonyl (C=O) groups excluding carboxylic acids is 2. The molecule has 1 aliphatic heterocycles. The van der Waals surface area contributed by atoms with E-state index in [0.717, 1.165) is 17.5 Å². The van der Waals surface area contributed by atoms with Crippen LogP contribution in [0, 0.1) is 6.92 Å². The van der Waals surface area contributed by atoms with Gasteiger partial charge in [0, 0.05) is 11.3 Å². The zero-order chi connectivity index (χ0) is 24.2. The van der Waals surface area contributed by atoms with Crippen LogP contribution in [0.3, 0.4) is 0 Å². The summed E-state index contributed by atoms with van der Waals surface area (Å²) >= 11 is 0. The Labute approximate surface area is 199 Å². The van der Waals surface area contributed by atoms with Crippen LogP contribution in [0.15, 0.2) is 78.4 Å². The first-order valence-corrected chi connectivity index (χ1v) is 11.2. The Morgan fingerprint density at radius 3 is 2.38 bits per heavy atom. The number of methoxy groups -OCH3 is 1. The van der Waals surface area contributed by atoms with Crippen LogP contribution >= 0.6 is 0 Å². The Kier molecular flexibility index (Phi) is 6.68. The fraction of sp³-hybridized carbons (Fsp3) is 0.214. The van der Waals surface area contributed by atoms with E-state index >= 15 is 0 Å². The van der Waals surface area contributed by atoms with Gasteiger partial charge in [-0.3, -0.25) is 14.5 Å². The molecule has 34 heavy (non-hydrogen) atoms. The normalized spacial score (nSPS) is 17.1. The summed E-state index contributed by atoms with van der Waals surface area (Å²) in [5, 5.41) is 11.3. The van der Waals surface area contributed by atoms with E-state index in [4.69, 9.17) is 9.47 Å². The van der Waals surface area contributed by atoms with Crippen LogP contribution in [0.1, 0.15) is 36.1 Å². The first-order valence-electron chi connectivity index (χ1n) is 11.2. The zero-order valence-corrected chi connectivity index (χ0v) is 19.4. The van der Waals surface area contributed by atoms with Crippen molar-refractivity contribution in [3.63, 3.8) is 0 Å². The first kappa shape index (κ1) is 23.1. The lowest BCUT2D eigenvalue weighted by Gasteiger charge is -2.26. The van der Waals surface area contributed by atoms with Crippen molar-refractivity contribution in [1.82, 2.24) is 0 Å². The highest BCUT2D eigenvalue weighted by atomic mass is 16.5. The van der Waals surface area contributed by atoms with Crippen LogP contribution in [0.5, 0.6) is 11.5 Å². The van der Waals surface area contributed by atoms with E-state index in [2.05, 4.69) is 0 Å². The van der Waals surface area contributed by atoms with Gasteiger partial charge < -0.3 is 14.6 Å². The van der Waals surface area contributed by atoms with Crippen molar-refractivity contribution >= 4 is 23.1 Å². The molecular formula is C28H27NO5. The van der Waals surface area contributed by atoms with Crippen LogP contribution in [0.25, 0.3) is 5.76 Å². The molecule has 1 fully saturated rings. The fourth-order valence-electron chi connectivity index (χ4n) is 4.11. The van der Waals surface area contributed by atoms with E-state index in [-0.39, 0.29) is 11.3 Å². The molecular weight excluding hydrogens is 430 g/mol. The Morgan fingerprint density at radius 1 is 0.971 bits per heavy atom. The summed E-state index contributed by atoms with van der Waals surface area (Å²) in [4.78, 5) is 28.0. The molecule has 6 nitrogen and oxygen atoms in total. The number of Topliss-reactive ketones (excluding diaryl/α,β-unsaturated/α-hetero) is 1. The minimum atomic E-state index is -0.784. The molecule has 0 bridgehead atoms. The summed E-state index contributed by atoms with van der Waals surface area (Å²) in [6.45, 7) is 4.49. The van der Waals surface area contributed by atoms with Crippen molar-refractivity contribution in [2.24, 2.45) is 0 Å². The fourth-order valence-corrected chi connectivity index (χ4v) is 4.11. The van der Waals surface area contributed by atoms with Crippen molar-refractivity contribution in [3.05, 3.63) is 95.1 Å².